The standard InChI is InChI=1S/C16H29N5O2/c1-11(2)21-13(8-9-17-21)18-15(23)12(3)20(7)10-14(22)19-16(4,5)6/h8-9,11-12H,10H2,1-7H3,(H,18,23)(H,19,22). The Morgan fingerprint density at radius 1 is 1.30 bits per heavy atom. The first kappa shape index (κ1) is 19.2. The van der Waals surface area contributed by atoms with E-state index < -0.39 is 6.04 Å². The molecule has 7 heteroatoms. The fraction of sp³-hybridized carbons (Fsp3) is 0.688. The molecule has 1 aromatic rings. The molecule has 0 aliphatic rings. The van der Waals surface area contributed by atoms with Crippen molar-refractivity contribution in [3.63, 3.8) is 0 Å². The molecule has 0 saturated carbocycles. The first-order valence-corrected chi connectivity index (χ1v) is 7.87. The summed E-state index contributed by atoms with van der Waals surface area (Å²) in [4.78, 5) is 26.0. The Bertz CT molecular complexity index is 545. The molecule has 130 valence electrons. The number of carbonyl (C=O) groups excluding carboxylic acids is 2. The average Bonchev–Trinajstić information content (AvgIpc) is 2.83. The third-order valence-corrected chi connectivity index (χ3v) is 3.36. The highest BCUT2D eigenvalue weighted by atomic mass is 16.2. The molecule has 2 amide bonds. The van der Waals surface area contributed by atoms with Crippen LogP contribution in [0.25, 0.3) is 0 Å². The van der Waals surface area contributed by atoms with Crippen molar-refractivity contribution in [1.82, 2.24) is 20.0 Å². The van der Waals surface area contributed by atoms with Crippen LogP contribution in [0.4, 0.5) is 5.82 Å². The van der Waals surface area contributed by atoms with Crippen LogP contribution in [0, 0.1) is 0 Å². The van der Waals surface area contributed by atoms with Crippen molar-refractivity contribution < 1.29 is 9.59 Å². The molecular formula is C16H29N5O2. The molecule has 1 rings (SSSR count). The number of hydrogen-bond donors (Lipinski definition) is 2. The minimum atomic E-state index is -0.434. The molecule has 0 aromatic carbocycles. The fourth-order valence-electron chi connectivity index (χ4n) is 2.08. The molecule has 0 bridgehead atoms. The van der Waals surface area contributed by atoms with E-state index in [1.807, 2.05) is 34.6 Å². The lowest BCUT2D eigenvalue weighted by molar-refractivity contribution is -0.125. The molecule has 23 heavy (non-hydrogen) atoms. The zero-order valence-corrected chi connectivity index (χ0v) is 15.2. The van der Waals surface area contributed by atoms with Gasteiger partial charge in [-0.2, -0.15) is 5.10 Å². The molecule has 0 aliphatic carbocycles. The van der Waals surface area contributed by atoms with Gasteiger partial charge in [-0.3, -0.25) is 14.5 Å². The lowest BCUT2D eigenvalue weighted by atomic mass is 10.1. The molecule has 0 radical (unpaired) electrons. The Kier molecular flexibility index (Phi) is 6.32. The second-order valence-corrected chi connectivity index (χ2v) is 7.13. The average molecular weight is 323 g/mol. The zero-order valence-electron chi connectivity index (χ0n) is 15.2. The topological polar surface area (TPSA) is 79.3 Å². The van der Waals surface area contributed by atoms with E-state index in [0.29, 0.717) is 5.82 Å². The molecule has 1 aromatic heterocycles. The zero-order chi connectivity index (χ0) is 17.8. The second-order valence-electron chi connectivity index (χ2n) is 7.13. The highest BCUT2D eigenvalue weighted by Gasteiger charge is 2.23. The number of nitrogens with one attached hydrogen (secondary N) is 2. The minimum absolute atomic E-state index is 0.105. The number of aromatic nitrogens is 2. The number of carbonyl (C=O) groups is 2. The maximum absolute atomic E-state index is 12.4. The summed E-state index contributed by atoms with van der Waals surface area (Å²) >= 11 is 0. The van der Waals surface area contributed by atoms with Crippen LogP contribution in [-0.2, 0) is 9.59 Å². The van der Waals surface area contributed by atoms with Crippen molar-refractivity contribution in [1.29, 1.82) is 0 Å². The lowest BCUT2D eigenvalue weighted by Gasteiger charge is -2.26. The summed E-state index contributed by atoms with van der Waals surface area (Å²) in [6.45, 7) is 11.7. The number of amides is 2. The predicted molar refractivity (Wildman–Crippen MR) is 91.2 cm³/mol. The van der Waals surface area contributed by atoms with Crippen molar-refractivity contribution in [2.45, 2.75) is 59.2 Å². The summed E-state index contributed by atoms with van der Waals surface area (Å²) in [5.41, 5.74) is -0.285. The van der Waals surface area contributed by atoms with Gasteiger partial charge in [-0.15, -0.1) is 0 Å². The number of anilines is 1. The molecule has 7 nitrogen and oxygen atoms in total. The van der Waals surface area contributed by atoms with Gasteiger partial charge in [-0.25, -0.2) is 4.68 Å². The van der Waals surface area contributed by atoms with Crippen LogP contribution in [0.15, 0.2) is 12.3 Å². The van der Waals surface area contributed by atoms with E-state index in [1.165, 1.54) is 0 Å². The van der Waals surface area contributed by atoms with E-state index in [4.69, 9.17) is 0 Å². The summed E-state index contributed by atoms with van der Waals surface area (Å²) in [6.07, 6.45) is 1.65. The van der Waals surface area contributed by atoms with Crippen molar-refractivity contribution in [3.8, 4) is 0 Å². The Morgan fingerprint density at radius 2 is 1.91 bits per heavy atom. The van der Waals surface area contributed by atoms with E-state index >= 15 is 0 Å². The quantitative estimate of drug-likeness (QED) is 0.834. The van der Waals surface area contributed by atoms with Crippen molar-refractivity contribution in [3.05, 3.63) is 12.3 Å². The number of hydrogen-bond acceptors (Lipinski definition) is 4. The first-order valence-electron chi connectivity index (χ1n) is 7.87. The van der Waals surface area contributed by atoms with Gasteiger partial charge in [0, 0.05) is 17.6 Å². The Morgan fingerprint density at radius 3 is 2.43 bits per heavy atom. The summed E-state index contributed by atoms with van der Waals surface area (Å²) in [5.74, 6) is 0.384. The van der Waals surface area contributed by atoms with Crippen LogP contribution in [0.2, 0.25) is 0 Å². The SMILES string of the molecule is CC(C(=O)Nc1ccnn1C(C)C)N(C)CC(=O)NC(C)(C)C. The lowest BCUT2D eigenvalue weighted by Crippen LogP contribution is -2.49. The number of rotatable bonds is 6. The van der Waals surface area contributed by atoms with E-state index in [9.17, 15) is 9.59 Å². The van der Waals surface area contributed by atoms with Crippen LogP contribution in [0.5, 0.6) is 0 Å². The van der Waals surface area contributed by atoms with Crippen LogP contribution >= 0.6 is 0 Å². The Hall–Kier alpha value is -1.89. The van der Waals surface area contributed by atoms with E-state index in [-0.39, 0.29) is 29.9 Å². The minimum Gasteiger partial charge on any atom is -0.350 e. The third kappa shape index (κ3) is 6.02. The van der Waals surface area contributed by atoms with Gasteiger partial charge >= 0.3 is 0 Å². The summed E-state index contributed by atoms with van der Waals surface area (Å²) < 4.78 is 1.75. The van der Waals surface area contributed by atoms with Crippen LogP contribution in [-0.4, -0.2) is 51.7 Å². The van der Waals surface area contributed by atoms with Gasteiger partial charge in [0.15, 0.2) is 0 Å². The third-order valence-electron chi connectivity index (χ3n) is 3.36. The maximum atomic E-state index is 12.4. The molecule has 0 spiro atoms. The van der Waals surface area contributed by atoms with Crippen LogP contribution in [0.3, 0.4) is 0 Å². The summed E-state index contributed by atoms with van der Waals surface area (Å²) in [6, 6.07) is 1.49. The molecule has 2 N–H and O–H groups in total. The van der Waals surface area contributed by atoms with Crippen molar-refractivity contribution >= 4 is 17.6 Å². The van der Waals surface area contributed by atoms with Gasteiger partial charge in [-0.05, 0) is 48.6 Å². The largest absolute Gasteiger partial charge is 0.350 e. The number of nitrogens with zero attached hydrogens (tertiary/aromatic N) is 3. The predicted octanol–water partition coefficient (Wildman–Crippen LogP) is 1.64. The van der Waals surface area contributed by atoms with Gasteiger partial charge in [0.25, 0.3) is 0 Å². The van der Waals surface area contributed by atoms with Gasteiger partial charge in [0.2, 0.25) is 11.8 Å². The first-order chi connectivity index (χ1) is 10.5. The molecule has 0 saturated heterocycles. The maximum Gasteiger partial charge on any atom is 0.242 e. The summed E-state index contributed by atoms with van der Waals surface area (Å²) in [7, 11) is 1.76. The molecule has 1 atom stereocenters. The van der Waals surface area contributed by atoms with Crippen LogP contribution < -0.4 is 10.6 Å². The van der Waals surface area contributed by atoms with Crippen molar-refractivity contribution in [2.75, 3.05) is 18.9 Å². The fourth-order valence-corrected chi connectivity index (χ4v) is 2.08. The second kappa shape index (κ2) is 7.59. The van der Waals surface area contributed by atoms with Crippen LogP contribution in [0.1, 0.15) is 47.6 Å². The molecule has 0 fully saturated rings. The smallest absolute Gasteiger partial charge is 0.242 e. The molecular weight excluding hydrogens is 294 g/mol. The van der Waals surface area contributed by atoms with Gasteiger partial charge in [0.1, 0.15) is 5.82 Å². The van der Waals surface area contributed by atoms with E-state index in [1.54, 1.807) is 35.8 Å². The molecule has 0 aliphatic heterocycles. The highest BCUT2D eigenvalue weighted by molar-refractivity contribution is 5.94. The van der Waals surface area contributed by atoms with Crippen molar-refractivity contribution in [2.24, 2.45) is 0 Å². The van der Waals surface area contributed by atoms with Gasteiger partial charge in [0.05, 0.1) is 18.8 Å². The Labute approximate surface area is 138 Å². The number of likely N-dealkylation sites (N-methyl/N-ethyl adjacent to an activating group) is 1. The van der Waals surface area contributed by atoms with Gasteiger partial charge in [-0.1, -0.05) is 0 Å². The van der Waals surface area contributed by atoms with Gasteiger partial charge < -0.3 is 10.6 Å². The van der Waals surface area contributed by atoms with E-state index in [2.05, 4.69) is 15.7 Å². The Balaban J connectivity index is 2.62. The monoisotopic (exact) mass is 323 g/mol. The highest BCUT2D eigenvalue weighted by Crippen LogP contribution is 2.13. The molecule has 1 heterocycles. The summed E-state index contributed by atoms with van der Waals surface area (Å²) in [5, 5.41) is 9.94. The van der Waals surface area contributed by atoms with E-state index in [0.717, 1.165) is 0 Å². The normalized spacial score (nSPS) is 13.3. The molecule has 1 unspecified atom stereocenters.